The summed E-state index contributed by atoms with van der Waals surface area (Å²) < 4.78 is 6.82. The van der Waals surface area contributed by atoms with Crippen molar-refractivity contribution in [2.75, 3.05) is 18.0 Å². The minimum atomic E-state index is -0.0347. The van der Waals surface area contributed by atoms with Gasteiger partial charge in [0.25, 0.3) is 0 Å². The van der Waals surface area contributed by atoms with Crippen LogP contribution in [0.25, 0.3) is 0 Å². The number of carbonyl (C=O) groups is 1. The maximum Gasteiger partial charge on any atom is 0.225 e. The Labute approximate surface area is 149 Å². The first-order valence-electron chi connectivity index (χ1n) is 7.77. The lowest BCUT2D eigenvalue weighted by atomic mass is 10.1. The second-order valence-electron chi connectivity index (χ2n) is 5.84. The zero-order valence-corrected chi connectivity index (χ0v) is 15.2. The third kappa shape index (κ3) is 4.03. The van der Waals surface area contributed by atoms with Gasteiger partial charge in [0.05, 0.1) is 23.6 Å². The number of ether oxygens (including phenoxy) is 1. The third-order valence-electron chi connectivity index (χ3n) is 3.84. The van der Waals surface area contributed by atoms with Gasteiger partial charge in [-0.25, -0.2) is 9.97 Å². The van der Waals surface area contributed by atoms with Gasteiger partial charge >= 0.3 is 0 Å². The summed E-state index contributed by atoms with van der Waals surface area (Å²) >= 11 is 3.33. The number of nitrogens with one attached hydrogen (secondary N) is 1. The first-order valence-corrected chi connectivity index (χ1v) is 8.57. The van der Waals surface area contributed by atoms with E-state index in [2.05, 4.69) is 36.1 Å². The molecule has 2 heterocycles. The lowest BCUT2D eigenvalue weighted by Crippen LogP contribution is -2.54. The van der Waals surface area contributed by atoms with Gasteiger partial charge < -0.3 is 15.0 Å². The van der Waals surface area contributed by atoms with Crippen LogP contribution >= 0.6 is 15.9 Å². The van der Waals surface area contributed by atoms with E-state index in [1.807, 2.05) is 31.2 Å². The van der Waals surface area contributed by atoms with Gasteiger partial charge in [0.15, 0.2) is 0 Å². The van der Waals surface area contributed by atoms with E-state index in [9.17, 15) is 4.79 Å². The Hall–Kier alpha value is -2.15. The van der Waals surface area contributed by atoms with Crippen molar-refractivity contribution in [3.8, 4) is 5.75 Å². The number of anilines is 1. The van der Waals surface area contributed by atoms with Crippen molar-refractivity contribution in [2.24, 2.45) is 0 Å². The van der Waals surface area contributed by atoms with E-state index in [4.69, 9.17) is 4.74 Å². The quantitative estimate of drug-likeness (QED) is 0.849. The Kier molecular flexibility index (Phi) is 4.99. The van der Waals surface area contributed by atoms with E-state index >= 15 is 0 Å². The average molecular weight is 391 g/mol. The van der Waals surface area contributed by atoms with E-state index in [1.54, 1.807) is 12.4 Å². The number of aromatic nitrogens is 2. The van der Waals surface area contributed by atoms with Crippen molar-refractivity contribution in [3.05, 3.63) is 46.7 Å². The largest absolute Gasteiger partial charge is 0.487 e. The van der Waals surface area contributed by atoms with Crippen LogP contribution in [0.4, 0.5) is 5.95 Å². The molecule has 1 fully saturated rings. The summed E-state index contributed by atoms with van der Waals surface area (Å²) in [6.45, 7) is 5.02. The fourth-order valence-corrected chi connectivity index (χ4v) is 2.77. The number of amides is 1. The highest BCUT2D eigenvalue weighted by atomic mass is 79.9. The van der Waals surface area contributed by atoms with Gasteiger partial charge in [-0.1, -0.05) is 12.1 Å². The number of carbonyl (C=O) groups excluding carboxylic acids is 1. The van der Waals surface area contributed by atoms with Gasteiger partial charge in [-0.2, -0.15) is 0 Å². The molecule has 7 heteroatoms. The molecular formula is C17H19BrN4O2. The highest BCUT2D eigenvalue weighted by Gasteiger charge is 2.30. The van der Waals surface area contributed by atoms with Crippen LogP contribution < -0.4 is 15.0 Å². The van der Waals surface area contributed by atoms with Crippen molar-refractivity contribution < 1.29 is 9.53 Å². The summed E-state index contributed by atoms with van der Waals surface area (Å²) in [6.07, 6.45) is 3.62. The molecule has 1 aliphatic rings. The van der Waals surface area contributed by atoms with Gasteiger partial charge in [-0.3, -0.25) is 4.79 Å². The number of rotatable bonds is 5. The van der Waals surface area contributed by atoms with E-state index in [0.29, 0.717) is 0 Å². The van der Waals surface area contributed by atoms with Gasteiger partial charge in [0.1, 0.15) is 11.9 Å². The molecule has 0 unspecified atom stereocenters. The first-order chi connectivity index (χ1) is 11.5. The topological polar surface area (TPSA) is 67.3 Å². The van der Waals surface area contributed by atoms with Crippen LogP contribution in [0.1, 0.15) is 25.5 Å². The summed E-state index contributed by atoms with van der Waals surface area (Å²) in [5, 5.41) is 2.87. The number of benzene rings is 1. The molecule has 126 valence electrons. The fourth-order valence-electron chi connectivity index (χ4n) is 2.56. The Balaban J connectivity index is 1.51. The molecule has 1 aliphatic heterocycles. The lowest BCUT2D eigenvalue weighted by molar-refractivity contribution is -0.119. The average Bonchev–Trinajstić information content (AvgIpc) is 2.51. The van der Waals surface area contributed by atoms with Crippen LogP contribution in [0.15, 0.2) is 41.1 Å². The molecule has 2 aromatic rings. The Morgan fingerprint density at radius 3 is 2.50 bits per heavy atom. The normalized spacial score (nSPS) is 15.5. The molecule has 1 N–H and O–H groups in total. The van der Waals surface area contributed by atoms with Crippen molar-refractivity contribution >= 4 is 27.8 Å². The lowest BCUT2D eigenvalue weighted by Gasteiger charge is -2.38. The Morgan fingerprint density at radius 2 is 1.92 bits per heavy atom. The molecule has 24 heavy (non-hydrogen) atoms. The fraction of sp³-hybridized carbons (Fsp3) is 0.353. The van der Waals surface area contributed by atoms with E-state index in [0.717, 1.165) is 34.8 Å². The minimum absolute atomic E-state index is 0.00898. The second kappa shape index (κ2) is 7.17. The van der Waals surface area contributed by atoms with Gasteiger partial charge in [-0.05, 0) is 40.5 Å². The zero-order valence-electron chi connectivity index (χ0n) is 13.6. The molecule has 1 amide bonds. The standard InChI is InChI=1S/C17H19BrN4O2/c1-11(21-12(2)23)13-3-5-15(6-4-13)24-16-9-22(10-16)17-19-7-14(18)8-20-17/h3-8,11,16H,9-10H2,1-2H3,(H,21,23)/t11-/m0/s1. The van der Waals surface area contributed by atoms with E-state index in [-0.39, 0.29) is 18.1 Å². The van der Waals surface area contributed by atoms with Crippen molar-refractivity contribution in [3.63, 3.8) is 0 Å². The maximum absolute atomic E-state index is 11.1. The molecule has 3 rings (SSSR count). The summed E-state index contributed by atoms with van der Waals surface area (Å²) in [5.41, 5.74) is 1.05. The predicted octanol–water partition coefficient (Wildman–Crippen LogP) is 2.70. The Bertz CT molecular complexity index is 700. The second-order valence-corrected chi connectivity index (χ2v) is 6.75. The number of hydrogen-bond acceptors (Lipinski definition) is 5. The maximum atomic E-state index is 11.1. The molecule has 1 aromatic carbocycles. The third-order valence-corrected chi connectivity index (χ3v) is 4.25. The highest BCUT2D eigenvalue weighted by Crippen LogP contribution is 2.23. The van der Waals surface area contributed by atoms with Crippen molar-refractivity contribution in [1.82, 2.24) is 15.3 Å². The first kappa shape index (κ1) is 16.7. The molecule has 6 nitrogen and oxygen atoms in total. The molecule has 1 aromatic heterocycles. The Morgan fingerprint density at radius 1 is 1.29 bits per heavy atom. The predicted molar refractivity (Wildman–Crippen MR) is 95.0 cm³/mol. The molecular weight excluding hydrogens is 372 g/mol. The van der Waals surface area contributed by atoms with Crippen molar-refractivity contribution in [1.29, 1.82) is 0 Å². The monoisotopic (exact) mass is 390 g/mol. The van der Waals surface area contributed by atoms with Crippen LogP contribution in [0.3, 0.4) is 0 Å². The SMILES string of the molecule is CC(=O)N[C@@H](C)c1ccc(OC2CN(c3ncc(Br)cn3)C2)cc1. The van der Waals surface area contributed by atoms with Crippen LogP contribution in [-0.2, 0) is 4.79 Å². The van der Waals surface area contributed by atoms with Crippen LogP contribution in [0.5, 0.6) is 5.75 Å². The molecule has 0 aliphatic carbocycles. The smallest absolute Gasteiger partial charge is 0.225 e. The molecule has 0 spiro atoms. The molecule has 0 saturated carbocycles. The van der Waals surface area contributed by atoms with E-state index in [1.165, 1.54) is 6.92 Å². The summed E-state index contributed by atoms with van der Waals surface area (Å²) in [4.78, 5) is 21.7. The summed E-state index contributed by atoms with van der Waals surface area (Å²) in [6, 6.07) is 7.82. The number of nitrogens with zero attached hydrogens (tertiary/aromatic N) is 3. The van der Waals surface area contributed by atoms with Crippen LogP contribution in [0, 0.1) is 0 Å². The molecule has 1 saturated heterocycles. The number of hydrogen-bond donors (Lipinski definition) is 1. The van der Waals surface area contributed by atoms with Crippen LogP contribution in [-0.4, -0.2) is 35.1 Å². The summed E-state index contributed by atoms with van der Waals surface area (Å²) in [7, 11) is 0. The molecule has 0 bridgehead atoms. The highest BCUT2D eigenvalue weighted by molar-refractivity contribution is 9.10. The van der Waals surface area contributed by atoms with Gasteiger partial charge in [0, 0.05) is 19.3 Å². The zero-order chi connectivity index (χ0) is 17.1. The number of halogens is 1. The van der Waals surface area contributed by atoms with Crippen LogP contribution in [0.2, 0.25) is 0 Å². The minimum Gasteiger partial charge on any atom is -0.487 e. The van der Waals surface area contributed by atoms with Crippen molar-refractivity contribution in [2.45, 2.75) is 26.0 Å². The van der Waals surface area contributed by atoms with E-state index < -0.39 is 0 Å². The van der Waals surface area contributed by atoms with Gasteiger partial charge in [-0.15, -0.1) is 0 Å². The molecule has 1 atom stereocenters. The molecule has 0 radical (unpaired) electrons. The van der Waals surface area contributed by atoms with Gasteiger partial charge in [0.2, 0.25) is 11.9 Å². The summed E-state index contributed by atoms with van der Waals surface area (Å²) in [5.74, 6) is 1.51.